The number of hydrogen-bond donors (Lipinski definition) is 0. The lowest BCUT2D eigenvalue weighted by Gasteiger charge is -2.43. The SMILES string of the molecule is CC1CCC2C3CC(C(C)C3C)C2C1. The van der Waals surface area contributed by atoms with Crippen LogP contribution in [0.3, 0.4) is 0 Å². The van der Waals surface area contributed by atoms with Crippen LogP contribution in [0.1, 0.15) is 46.5 Å². The molecule has 0 aromatic heterocycles. The van der Waals surface area contributed by atoms with Crippen molar-refractivity contribution in [2.75, 3.05) is 0 Å². The second-order valence-electron chi connectivity index (χ2n) is 6.53. The van der Waals surface area contributed by atoms with E-state index in [1.54, 1.807) is 19.3 Å². The van der Waals surface area contributed by atoms with Crippen LogP contribution in [-0.4, -0.2) is 0 Å². The van der Waals surface area contributed by atoms with Gasteiger partial charge in [-0.15, -0.1) is 0 Å². The fourth-order valence-electron chi connectivity index (χ4n) is 5.12. The first-order valence-electron chi connectivity index (χ1n) is 6.68. The molecule has 0 aromatic carbocycles. The van der Waals surface area contributed by atoms with Crippen molar-refractivity contribution in [2.45, 2.75) is 46.5 Å². The molecule has 0 nitrogen and oxygen atoms in total. The van der Waals surface area contributed by atoms with Crippen LogP contribution in [0.15, 0.2) is 0 Å². The Hall–Kier alpha value is 0. The monoisotopic (exact) mass is 192 g/mol. The van der Waals surface area contributed by atoms with Crippen LogP contribution in [0, 0.1) is 41.4 Å². The zero-order chi connectivity index (χ0) is 9.87. The summed E-state index contributed by atoms with van der Waals surface area (Å²) in [7, 11) is 0. The van der Waals surface area contributed by atoms with Gasteiger partial charge in [-0.2, -0.15) is 0 Å². The largest absolute Gasteiger partial charge is 0.0625 e. The average molecular weight is 192 g/mol. The first kappa shape index (κ1) is 9.24. The van der Waals surface area contributed by atoms with Gasteiger partial charge >= 0.3 is 0 Å². The van der Waals surface area contributed by atoms with Gasteiger partial charge in [0.25, 0.3) is 0 Å². The number of rotatable bonds is 0. The van der Waals surface area contributed by atoms with Crippen molar-refractivity contribution in [2.24, 2.45) is 41.4 Å². The molecule has 7 atom stereocenters. The second-order valence-corrected chi connectivity index (χ2v) is 6.53. The molecule has 0 heteroatoms. The molecule has 3 saturated carbocycles. The molecular formula is C14H24. The van der Waals surface area contributed by atoms with Gasteiger partial charge in [-0.1, -0.05) is 27.2 Å². The van der Waals surface area contributed by atoms with Crippen molar-refractivity contribution in [3.05, 3.63) is 0 Å². The van der Waals surface area contributed by atoms with Gasteiger partial charge < -0.3 is 0 Å². The molecule has 0 amide bonds. The third-order valence-corrected chi connectivity index (χ3v) is 6.04. The Balaban J connectivity index is 1.84. The highest BCUT2D eigenvalue weighted by Crippen LogP contribution is 2.62. The highest BCUT2D eigenvalue weighted by molar-refractivity contribution is 5.04. The summed E-state index contributed by atoms with van der Waals surface area (Å²) in [5, 5.41) is 0. The maximum atomic E-state index is 2.52. The lowest BCUT2D eigenvalue weighted by atomic mass is 9.62. The summed E-state index contributed by atoms with van der Waals surface area (Å²) in [4.78, 5) is 0. The highest BCUT2D eigenvalue weighted by atomic mass is 14.6. The summed E-state index contributed by atoms with van der Waals surface area (Å²) < 4.78 is 0. The minimum Gasteiger partial charge on any atom is -0.0625 e. The van der Waals surface area contributed by atoms with Gasteiger partial charge in [0.2, 0.25) is 0 Å². The van der Waals surface area contributed by atoms with Crippen molar-refractivity contribution in [3.8, 4) is 0 Å². The van der Waals surface area contributed by atoms with Crippen LogP contribution in [0.5, 0.6) is 0 Å². The molecule has 80 valence electrons. The third-order valence-electron chi connectivity index (χ3n) is 6.04. The average Bonchev–Trinajstić information content (AvgIpc) is 2.65. The second kappa shape index (κ2) is 3.00. The summed E-state index contributed by atoms with van der Waals surface area (Å²) in [5.74, 6) is 7.60. The van der Waals surface area contributed by atoms with E-state index in [2.05, 4.69) is 20.8 Å². The first-order valence-corrected chi connectivity index (χ1v) is 6.68. The third kappa shape index (κ3) is 1.06. The minimum absolute atomic E-state index is 1.03. The zero-order valence-electron chi connectivity index (χ0n) is 9.87. The molecule has 2 bridgehead atoms. The lowest BCUT2D eigenvalue weighted by Crippen LogP contribution is -2.36. The van der Waals surface area contributed by atoms with Gasteiger partial charge in [-0.3, -0.25) is 0 Å². The molecule has 14 heavy (non-hydrogen) atoms. The number of fused-ring (bicyclic) bond motifs is 5. The maximum Gasteiger partial charge on any atom is -0.0349 e. The predicted octanol–water partition coefficient (Wildman–Crippen LogP) is 3.96. The Morgan fingerprint density at radius 3 is 2.00 bits per heavy atom. The van der Waals surface area contributed by atoms with Crippen molar-refractivity contribution in [1.82, 2.24) is 0 Å². The van der Waals surface area contributed by atoms with Crippen LogP contribution >= 0.6 is 0 Å². The van der Waals surface area contributed by atoms with E-state index in [-0.39, 0.29) is 0 Å². The highest BCUT2D eigenvalue weighted by Gasteiger charge is 2.55. The molecule has 3 aliphatic carbocycles. The normalized spacial score (nSPS) is 61.5. The first-order chi connectivity index (χ1) is 6.68. The quantitative estimate of drug-likeness (QED) is 0.545. The molecule has 0 spiro atoms. The van der Waals surface area contributed by atoms with Crippen LogP contribution in [0.25, 0.3) is 0 Å². The van der Waals surface area contributed by atoms with Gasteiger partial charge in [0.1, 0.15) is 0 Å². The van der Waals surface area contributed by atoms with E-state index in [0.29, 0.717) is 0 Å². The summed E-state index contributed by atoms with van der Waals surface area (Å²) >= 11 is 0. The molecule has 0 aromatic rings. The Labute approximate surface area is 88.5 Å². The van der Waals surface area contributed by atoms with E-state index >= 15 is 0 Å². The Morgan fingerprint density at radius 1 is 0.643 bits per heavy atom. The van der Waals surface area contributed by atoms with Gasteiger partial charge in [-0.25, -0.2) is 0 Å². The molecule has 0 saturated heterocycles. The van der Waals surface area contributed by atoms with Crippen molar-refractivity contribution in [1.29, 1.82) is 0 Å². The fraction of sp³-hybridized carbons (Fsp3) is 1.00. The Kier molecular flexibility index (Phi) is 1.98. The summed E-state index contributed by atoms with van der Waals surface area (Å²) in [6.45, 7) is 7.50. The molecule has 3 aliphatic rings. The maximum absolute atomic E-state index is 2.52. The smallest absolute Gasteiger partial charge is 0.0349 e. The van der Waals surface area contributed by atoms with E-state index in [1.807, 2.05) is 0 Å². The van der Waals surface area contributed by atoms with Gasteiger partial charge in [-0.05, 0) is 60.7 Å². The molecule has 3 fully saturated rings. The van der Waals surface area contributed by atoms with Crippen LogP contribution in [-0.2, 0) is 0 Å². The molecule has 7 unspecified atom stereocenters. The van der Waals surface area contributed by atoms with Crippen LogP contribution in [0.4, 0.5) is 0 Å². The van der Waals surface area contributed by atoms with Gasteiger partial charge in [0.05, 0.1) is 0 Å². The van der Waals surface area contributed by atoms with E-state index in [4.69, 9.17) is 0 Å². The zero-order valence-corrected chi connectivity index (χ0v) is 9.87. The van der Waals surface area contributed by atoms with Crippen molar-refractivity contribution < 1.29 is 0 Å². The van der Waals surface area contributed by atoms with E-state index in [9.17, 15) is 0 Å². The molecule has 3 rings (SSSR count). The fourth-order valence-corrected chi connectivity index (χ4v) is 5.12. The Bertz CT molecular complexity index is 230. The molecule has 0 heterocycles. The van der Waals surface area contributed by atoms with Crippen LogP contribution in [0.2, 0.25) is 0 Å². The topological polar surface area (TPSA) is 0 Å². The standard InChI is InChI=1S/C14H24/c1-8-4-5-11-12-7-13(14(11)6-8)10(3)9(12)2/h8-14H,4-7H2,1-3H3. The van der Waals surface area contributed by atoms with Crippen molar-refractivity contribution in [3.63, 3.8) is 0 Å². The molecule has 0 aliphatic heterocycles. The summed E-state index contributed by atoms with van der Waals surface area (Å²) in [6.07, 6.45) is 6.23. The molecular weight excluding hydrogens is 168 g/mol. The minimum atomic E-state index is 1.03. The number of hydrogen-bond acceptors (Lipinski definition) is 0. The van der Waals surface area contributed by atoms with Gasteiger partial charge in [0, 0.05) is 0 Å². The lowest BCUT2D eigenvalue weighted by molar-refractivity contribution is 0.0607. The predicted molar refractivity (Wildman–Crippen MR) is 59.9 cm³/mol. The summed E-state index contributed by atoms with van der Waals surface area (Å²) in [6, 6.07) is 0. The van der Waals surface area contributed by atoms with Crippen LogP contribution < -0.4 is 0 Å². The van der Waals surface area contributed by atoms with E-state index in [1.165, 1.54) is 6.42 Å². The molecule has 0 N–H and O–H groups in total. The van der Waals surface area contributed by atoms with Crippen molar-refractivity contribution >= 4 is 0 Å². The van der Waals surface area contributed by atoms with E-state index < -0.39 is 0 Å². The van der Waals surface area contributed by atoms with Gasteiger partial charge in [0.15, 0.2) is 0 Å². The molecule has 0 radical (unpaired) electrons. The summed E-state index contributed by atoms with van der Waals surface area (Å²) in [5.41, 5.74) is 0. The Morgan fingerprint density at radius 2 is 1.29 bits per heavy atom. The van der Waals surface area contributed by atoms with E-state index in [0.717, 1.165) is 41.4 Å².